The quantitative estimate of drug-likeness (QED) is 0.392. The number of ether oxygens (including phenoxy) is 3. The molecule has 0 saturated carbocycles. The highest BCUT2D eigenvalue weighted by Gasteiger charge is 2.16. The predicted octanol–water partition coefficient (Wildman–Crippen LogP) is 4.66. The average molecular weight is 407 g/mol. The maximum Gasteiger partial charge on any atom is 0.339 e. The van der Waals surface area contributed by atoms with Crippen molar-refractivity contribution in [2.75, 3.05) is 13.7 Å². The molecule has 0 aliphatic carbocycles. The minimum Gasteiger partial charge on any atom is -0.503 e. The van der Waals surface area contributed by atoms with Crippen molar-refractivity contribution < 1.29 is 24.1 Å². The molecule has 0 fully saturated rings. The van der Waals surface area contributed by atoms with Gasteiger partial charge in [-0.3, -0.25) is 0 Å². The summed E-state index contributed by atoms with van der Waals surface area (Å²) in [4.78, 5) is 11.5. The van der Waals surface area contributed by atoms with Crippen molar-refractivity contribution in [2.45, 2.75) is 6.61 Å². The molecule has 1 N–H and O–H groups in total. The van der Waals surface area contributed by atoms with E-state index in [1.165, 1.54) is 13.4 Å². The lowest BCUT2D eigenvalue weighted by atomic mass is 10.0. The summed E-state index contributed by atoms with van der Waals surface area (Å²) < 4.78 is 15.9. The fraction of sp³-hybridized carbons (Fsp3) is 0.150. The Kier molecular flexibility index (Phi) is 7.42. The molecular formula is C20H16Cl2O5. The van der Waals surface area contributed by atoms with Crippen LogP contribution in [0.15, 0.2) is 42.7 Å². The van der Waals surface area contributed by atoms with Crippen LogP contribution in [0, 0.1) is 12.3 Å². The van der Waals surface area contributed by atoms with Crippen molar-refractivity contribution in [3.63, 3.8) is 0 Å². The Morgan fingerprint density at radius 1 is 1.22 bits per heavy atom. The fourth-order valence-electron chi connectivity index (χ4n) is 2.29. The molecule has 0 radical (unpaired) electrons. The summed E-state index contributed by atoms with van der Waals surface area (Å²) in [5.41, 5.74) is 1.16. The molecule has 0 atom stereocenters. The van der Waals surface area contributed by atoms with E-state index in [-0.39, 0.29) is 34.6 Å². The second-order valence-corrected chi connectivity index (χ2v) is 6.04. The number of carbonyl (C=O) groups is 1. The van der Waals surface area contributed by atoms with E-state index in [4.69, 9.17) is 43.8 Å². The van der Waals surface area contributed by atoms with Gasteiger partial charge in [-0.2, -0.15) is 0 Å². The van der Waals surface area contributed by atoms with E-state index in [2.05, 4.69) is 5.92 Å². The van der Waals surface area contributed by atoms with E-state index >= 15 is 0 Å². The van der Waals surface area contributed by atoms with Crippen molar-refractivity contribution in [3.05, 3.63) is 63.8 Å². The van der Waals surface area contributed by atoms with Crippen molar-refractivity contribution in [1.29, 1.82) is 0 Å². The third-order valence-corrected chi connectivity index (χ3v) is 4.00. The Morgan fingerprint density at radius 3 is 2.48 bits per heavy atom. The Hall–Kier alpha value is -2.81. The molecule has 2 aromatic rings. The zero-order chi connectivity index (χ0) is 19.8. The third kappa shape index (κ3) is 5.33. The van der Waals surface area contributed by atoms with Crippen LogP contribution in [-0.2, 0) is 16.1 Å². The molecule has 5 nitrogen and oxygen atoms in total. The molecule has 7 heteroatoms. The summed E-state index contributed by atoms with van der Waals surface area (Å²) in [6.07, 6.45) is 6.33. The average Bonchev–Trinajstić information content (AvgIpc) is 2.64. The first-order valence-corrected chi connectivity index (χ1v) is 8.46. The predicted molar refractivity (Wildman–Crippen MR) is 104 cm³/mol. The second kappa shape index (κ2) is 9.77. The van der Waals surface area contributed by atoms with Gasteiger partial charge in [0.2, 0.25) is 0 Å². The Bertz CT molecular complexity index is 876. The number of aliphatic carboxylic acids is 1. The molecule has 0 heterocycles. The molecule has 0 aliphatic rings. The van der Waals surface area contributed by atoms with E-state index in [9.17, 15) is 9.90 Å². The van der Waals surface area contributed by atoms with Crippen LogP contribution in [0.4, 0.5) is 0 Å². The van der Waals surface area contributed by atoms with Crippen LogP contribution in [0.2, 0.25) is 10.0 Å². The van der Waals surface area contributed by atoms with E-state index < -0.39 is 5.97 Å². The number of carboxylic acid groups (broad SMARTS) is 1. The van der Waals surface area contributed by atoms with Crippen LogP contribution in [-0.4, -0.2) is 24.8 Å². The first-order chi connectivity index (χ1) is 13.0. The smallest absolute Gasteiger partial charge is 0.339 e. The number of methoxy groups -OCH3 is 1. The zero-order valence-corrected chi connectivity index (χ0v) is 15.9. The van der Waals surface area contributed by atoms with E-state index in [0.29, 0.717) is 16.9 Å². The minimum atomic E-state index is -1.11. The fourth-order valence-corrected chi connectivity index (χ4v) is 2.86. The number of rotatable bonds is 8. The number of hydrogen-bond donors (Lipinski definition) is 1. The lowest BCUT2D eigenvalue weighted by Gasteiger charge is -2.13. The van der Waals surface area contributed by atoms with Crippen LogP contribution >= 0.6 is 23.2 Å². The van der Waals surface area contributed by atoms with Crippen LogP contribution in [0.1, 0.15) is 11.1 Å². The first kappa shape index (κ1) is 20.5. The maximum atomic E-state index is 11.5. The van der Waals surface area contributed by atoms with Gasteiger partial charge in [-0.25, -0.2) is 4.79 Å². The van der Waals surface area contributed by atoms with Crippen molar-refractivity contribution in [3.8, 4) is 23.8 Å². The third-order valence-electron chi connectivity index (χ3n) is 3.44. The van der Waals surface area contributed by atoms with E-state index in [1.54, 1.807) is 36.4 Å². The van der Waals surface area contributed by atoms with Gasteiger partial charge in [0.05, 0.1) is 23.4 Å². The molecule has 0 spiro atoms. The molecule has 2 aromatic carbocycles. The molecule has 2 rings (SSSR count). The van der Waals surface area contributed by atoms with Gasteiger partial charge in [0.1, 0.15) is 24.5 Å². The zero-order valence-electron chi connectivity index (χ0n) is 14.4. The van der Waals surface area contributed by atoms with Gasteiger partial charge in [0, 0.05) is 12.1 Å². The first-order valence-electron chi connectivity index (χ1n) is 7.70. The van der Waals surface area contributed by atoms with Crippen molar-refractivity contribution in [2.24, 2.45) is 0 Å². The molecule has 0 amide bonds. The van der Waals surface area contributed by atoms with Gasteiger partial charge in [-0.1, -0.05) is 53.4 Å². The molecular weight excluding hydrogens is 391 g/mol. The molecule has 27 heavy (non-hydrogen) atoms. The van der Waals surface area contributed by atoms with Crippen molar-refractivity contribution >= 4 is 34.7 Å². The molecule has 0 bridgehead atoms. The highest BCUT2D eigenvalue weighted by atomic mass is 35.5. The summed E-state index contributed by atoms with van der Waals surface area (Å²) in [6, 6.07) is 10.0. The largest absolute Gasteiger partial charge is 0.503 e. The van der Waals surface area contributed by atoms with E-state index in [1.807, 2.05) is 0 Å². The molecule has 140 valence electrons. The summed E-state index contributed by atoms with van der Waals surface area (Å²) in [6.45, 7) is 0.137. The van der Waals surface area contributed by atoms with Crippen LogP contribution in [0.25, 0.3) is 5.57 Å². The van der Waals surface area contributed by atoms with Crippen LogP contribution in [0.5, 0.6) is 11.5 Å². The summed E-state index contributed by atoms with van der Waals surface area (Å²) in [5.74, 6) is 1.91. The second-order valence-electron chi connectivity index (χ2n) is 5.23. The van der Waals surface area contributed by atoms with Crippen LogP contribution in [0.3, 0.4) is 0 Å². The van der Waals surface area contributed by atoms with Gasteiger partial charge in [0.15, 0.2) is 5.75 Å². The lowest BCUT2D eigenvalue weighted by Crippen LogP contribution is -2.06. The highest BCUT2D eigenvalue weighted by Crippen LogP contribution is 2.37. The number of halogens is 2. The minimum absolute atomic E-state index is 0.0193. The maximum absolute atomic E-state index is 11.5. The van der Waals surface area contributed by atoms with Gasteiger partial charge < -0.3 is 19.3 Å². The van der Waals surface area contributed by atoms with E-state index in [0.717, 1.165) is 0 Å². The van der Waals surface area contributed by atoms with Crippen LogP contribution < -0.4 is 9.47 Å². The molecule has 0 aliphatic heterocycles. The lowest BCUT2D eigenvalue weighted by molar-refractivity contribution is -0.130. The Morgan fingerprint density at radius 2 is 1.89 bits per heavy atom. The molecule has 0 aromatic heterocycles. The summed E-state index contributed by atoms with van der Waals surface area (Å²) in [7, 11) is 1.38. The summed E-state index contributed by atoms with van der Waals surface area (Å²) >= 11 is 12.3. The number of hydrogen-bond acceptors (Lipinski definition) is 4. The topological polar surface area (TPSA) is 65.0 Å². The van der Waals surface area contributed by atoms with Gasteiger partial charge >= 0.3 is 5.97 Å². The summed E-state index contributed by atoms with van der Waals surface area (Å²) in [5, 5.41) is 9.90. The van der Waals surface area contributed by atoms with Gasteiger partial charge in [0.25, 0.3) is 0 Å². The van der Waals surface area contributed by atoms with Gasteiger partial charge in [-0.15, -0.1) is 6.42 Å². The number of terminal acetylenes is 1. The number of benzene rings is 2. The Labute approximate surface area is 167 Å². The SMILES string of the molecule is C#CCOc1c(Cl)cc(OCc2ccccc2/C(=C\OC)C(=O)O)cc1Cl. The monoisotopic (exact) mass is 406 g/mol. The standard InChI is InChI=1S/C20H16Cl2O5/c1-3-8-26-19-17(21)9-14(10-18(19)22)27-11-13-6-4-5-7-15(13)16(12-25-2)20(23)24/h1,4-7,9-10,12H,8,11H2,2H3,(H,23,24)/b16-12+. The normalized spacial score (nSPS) is 10.8. The Balaban J connectivity index is 2.24. The van der Waals surface area contributed by atoms with Gasteiger partial charge in [-0.05, 0) is 11.1 Å². The number of carboxylic acids is 1. The molecule has 0 unspecified atom stereocenters. The highest BCUT2D eigenvalue weighted by molar-refractivity contribution is 6.37. The van der Waals surface area contributed by atoms with Crippen molar-refractivity contribution in [1.82, 2.24) is 0 Å². The molecule has 0 saturated heterocycles.